The summed E-state index contributed by atoms with van der Waals surface area (Å²) >= 11 is 1.61. The minimum Gasteiger partial charge on any atom is -0.304 e. The van der Waals surface area contributed by atoms with Crippen molar-refractivity contribution in [2.24, 2.45) is 7.05 Å². The fourth-order valence-corrected chi connectivity index (χ4v) is 3.54. The highest BCUT2D eigenvalue weighted by Crippen LogP contribution is 2.33. The molecule has 0 aliphatic heterocycles. The molecular formula is C15H17FN4S. The molecule has 2 heterocycles. The molecule has 0 radical (unpaired) electrons. The lowest BCUT2D eigenvalue weighted by atomic mass is 10.1. The van der Waals surface area contributed by atoms with Gasteiger partial charge in [0.2, 0.25) is 0 Å². The molecule has 0 bridgehead atoms. The molecule has 0 saturated heterocycles. The van der Waals surface area contributed by atoms with Gasteiger partial charge in [0, 0.05) is 16.6 Å². The third kappa shape index (κ3) is 2.82. The van der Waals surface area contributed by atoms with Crippen LogP contribution in [0.15, 0.2) is 30.5 Å². The molecule has 21 heavy (non-hydrogen) atoms. The lowest BCUT2D eigenvalue weighted by Gasteiger charge is -2.16. The number of nitrogens with zero attached hydrogens (tertiary/aromatic N) is 3. The minimum atomic E-state index is -0.198. The summed E-state index contributed by atoms with van der Waals surface area (Å²) in [4.78, 5) is 1.15. The Morgan fingerprint density at radius 2 is 2.24 bits per heavy atom. The van der Waals surface area contributed by atoms with Crippen molar-refractivity contribution in [1.29, 1.82) is 0 Å². The van der Waals surface area contributed by atoms with Crippen LogP contribution in [-0.4, -0.2) is 21.5 Å². The average Bonchev–Trinajstić information content (AvgIpc) is 3.06. The Hall–Kier alpha value is -1.79. The highest BCUT2D eigenvalue weighted by Gasteiger charge is 2.19. The number of nitrogens with one attached hydrogen (secondary N) is 1. The molecule has 1 atom stereocenters. The van der Waals surface area contributed by atoms with Crippen molar-refractivity contribution in [2.45, 2.75) is 19.4 Å². The van der Waals surface area contributed by atoms with Crippen molar-refractivity contribution in [3.63, 3.8) is 0 Å². The minimum absolute atomic E-state index is 0.0328. The Labute approximate surface area is 126 Å². The van der Waals surface area contributed by atoms with E-state index < -0.39 is 0 Å². The molecule has 6 heteroatoms. The molecular weight excluding hydrogens is 287 g/mol. The zero-order valence-electron chi connectivity index (χ0n) is 12.0. The summed E-state index contributed by atoms with van der Waals surface area (Å²) in [6.07, 6.45) is 2.82. The Morgan fingerprint density at radius 1 is 1.38 bits per heavy atom. The van der Waals surface area contributed by atoms with Gasteiger partial charge in [-0.25, -0.2) is 4.39 Å². The summed E-state index contributed by atoms with van der Waals surface area (Å²) in [6.45, 7) is 3.03. The molecule has 1 aromatic carbocycles. The van der Waals surface area contributed by atoms with Gasteiger partial charge in [-0.15, -0.1) is 16.4 Å². The van der Waals surface area contributed by atoms with E-state index in [1.165, 1.54) is 6.07 Å². The van der Waals surface area contributed by atoms with Crippen LogP contribution in [0.5, 0.6) is 0 Å². The molecule has 1 unspecified atom stereocenters. The SMILES string of the molecule is CCCNC(c1cc2ccc(F)cc2s1)c1cnnn1C. The maximum atomic E-state index is 13.4. The highest BCUT2D eigenvalue weighted by atomic mass is 32.1. The maximum Gasteiger partial charge on any atom is 0.124 e. The van der Waals surface area contributed by atoms with Crippen molar-refractivity contribution < 1.29 is 4.39 Å². The Kier molecular flexibility index (Phi) is 3.98. The molecule has 2 aromatic heterocycles. The molecule has 0 amide bonds. The molecule has 110 valence electrons. The van der Waals surface area contributed by atoms with Gasteiger partial charge in [0.1, 0.15) is 5.82 Å². The Bertz CT molecular complexity index is 749. The summed E-state index contributed by atoms with van der Waals surface area (Å²) in [5.41, 5.74) is 1.01. The maximum absolute atomic E-state index is 13.4. The second-order valence-corrected chi connectivity index (χ2v) is 6.12. The van der Waals surface area contributed by atoms with Crippen LogP contribution >= 0.6 is 11.3 Å². The summed E-state index contributed by atoms with van der Waals surface area (Å²) < 4.78 is 16.1. The molecule has 0 fully saturated rings. The molecule has 0 aliphatic rings. The topological polar surface area (TPSA) is 42.7 Å². The van der Waals surface area contributed by atoms with Crippen LogP contribution in [0.1, 0.15) is 30.0 Å². The molecule has 4 nitrogen and oxygen atoms in total. The summed E-state index contributed by atoms with van der Waals surface area (Å²) in [5, 5.41) is 12.6. The molecule has 1 N–H and O–H groups in total. The van der Waals surface area contributed by atoms with E-state index in [2.05, 4.69) is 28.6 Å². The lowest BCUT2D eigenvalue weighted by Crippen LogP contribution is -2.24. The summed E-state index contributed by atoms with van der Waals surface area (Å²) in [6, 6.07) is 7.05. The van der Waals surface area contributed by atoms with Gasteiger partial charge in [0.15, 0.2) is 0 Å². The number of aryl methyl sites for hydroxylation is 1. The second kappa shape index (κ2) is 5.91. The normalized spacial score (nSPS) is 12.9. The van der Waals surface area contributed by atoms with Crippen molar-refractivity contribution in [3.05, 3.63) is 46.9 Å². The van der Waals surface area contributed by atoms with Crippen LogP contribution < -0.4 is 5.32 Å². The Balaban J connectivity index is 2.03. The van der Waals surface area contributed by atoms with E-state index in [1.807, 2.05) is 13.1 Å². The number of thiophene rings is 1. The number of fused-ring (bicyclic) bond motifs is 1. The van der Waals surface area contributed by atoms with E-state index >= 15 is 0 Å². The van der Waals surface area contributed by atoms with E-state index in [0.29, 0.717) is 0 Å². The first-order valence-electron chi connectivity index (χ1n) is 6.96. The molecule has 0 aliphatic carbocycles. The largest absolute Gasteiger partial charge is 0.304 e. The zero-order chi connectivity index (χ0) is 14.8. The summed E-state index contributed by atoms with van der Waals surface area (Å²) in [7, 11) is 1.88. The smallest absolute Gasteiger partial charge is 0.124 e. The van der Waals surface area contributed by atoms with E-state index in [0.717, 1.165) is 33.6 Å². The molecule has 0 saturated carbocycles. The monoisotopic (exact) mass is 304 g/mol. The third-order valence-corrected chi connectivity index (χ3v) is 4.59. The van der Waals surface area contributed by atoms with Crippen LogP contribution in [0.4, 0.5) is 4.39 Å². The average molecular weight is 304 g/mol. The number of hydrogen-bond acceptors (Lipinski definition) is 4. The van der Waals surface area contributed by atoms with Crippen LogP contribution in [-0.2, 0) is 7.05 Å². The molecule has 3 rings (SSSR count). The van der Waals surface area contributed by atoms with Crippen molar-refractivity contribution in [2.75, 3.05) is 6.54 Å². The highest BCUT2D eigenvalue weighted by molar-refractivity contribution is 7.19. The van der Waals surface area contributed by atoms with Gasteiger partial charge in [-0.2, -0.15) is 0 Å². The van der Waals surface area contributed by atoms with Gasteiger partial charge < -0.3 is 5.32 Å². The van der Waals surface area contributed by atoms with E-state index in [4.69, 9.17) is 0 Å². The quantitative estimate of drug-likeness (QED) is 0.787. The van der Waals surface area contributed by atoms with E-state index in [-0.39, 0.29) is 11.9 Å². The van der Waals surface area contributed by atoms with Gasteiger partial charge in [-0.05, 0) is 36.6 Å². The fourth-order valence-electron chi connectivity index (χ4n) is 2.37. The zero-order valence-corrected chi connectivity index (χ0v) is 12.8. The second-order valence-electron chi connectivity index (χ2n) is 5.00. The van der Waals surface area contributed by atoms with Crippen molar-refractivity contribution in [3.8, 4) is 0 Å². The van der Waals surface area contributed by atoms with Gasteiger partial charge in [0.25, 0.3) is 0 Å². The van der Waals surface area contributed by atoms with Crippen LogP contribution in [0.2, 0.25) is 0 Å². The van der Waals surface area contributed by atoms with E-state index in [1.54, 1.807) is 28.3 Å². The van der Waals surface area contributed by atoms with Crippen LogP contribution in [0.25, 0.3) is 10.1 Å². The number of halogens is 1. The van der Waals surface area contributed by atoms with Gasteiger partial charge in [-0.3, -0.25) is 4.68 Å². The van der Waals surface area contributed by atoms with Gasteiger partial charge in [-0.1, -0.05) is 18.2 Å². The predicted molar refractivity (Wildman–Crippen MR) is 82.9 cm³/mol. The first kappa shape index (κ1) is 14.2. The number of rotatable bonds is 5. The number of benzene rings is 1. The lowest BCUT2D eigenvalue weighted by molar-refractivity contribution is 0.556. The number of hydrogen-bond donors (Lipinski definition) is 1. The van der Waals surface area contributed by atoms with E-state index in [9.17, 15) is 4.39 Å². The van der Waals surface area contributed by atoms with Gasteiger partial charge in [0.05, 0.1) is 17.9 Å². The van der Waals surface area contributed by atoms with Crippen LogP contribution in [0.3, 0.4) is 0 Å². The Morgan fingerprint density at radius 3 is 2.95 bits per heavy atom. The number of aromatic nitrogens is 3. The molecule has 3 aromatic rings. The fraction of sp³-hybridized carbons (Fsp3) is 0.333. The summed E-state index contributed by atoms with van der Waals surface area (Å²) in [5.74, 6) is -0.198. The van der Waals surface area contributed by atoms with Gasteiger partial charge >= 0.3 is 0 Å². The predicted octanol–water partition coefficient (Wildman–Crippen LogP) is 3.26. The molecule has 0 spiro atoms. The van der Waals surface area contributed by atoms with Crippen molar-refractivity contribution >= 4 is 21.4 Å². The standard InChI is InChI=1S/C15H17FN4S/c1-3-6-17-15(12-9-18-19-20(12)2)14-7-10-4-5-11(16)8-13(10)21-14/h4-5,7-9,15,17H,3,6H2,1-2H3. The van der Waals surface area contributed by atoms with Crippen LogP contribution in [0, 0.1) is 5.82 Å². The third-order valence-electron chi connectivity index (χ3n) is 3.43. The van der Waals surface area contributed by atoms with Crippen molar-refractivity contribution in [1.82, 2.24) is 20.3 Å². The first-order valence-corrected chi connectivity index (χ1v) is 7.77. The first-order chi connectivity index (χ1) is 10.2.